The van der Waals surface area contributed by atoms with E-state index in [-0.39, 0.29) is 5.41 Å². The molecule has 0 aliphatic carbocycles. The fourth-order valence-electron chi connectivity index (χ4n) is 1.35. The van der Waals surface area contributed by atoms with Crippen LogP contribution in [0.5, 0.6) is 6.01 Å². The number of aromatic nitrogens is 2. The molecule has 0 bridgehead atoms. The van der Waals surface area contributed by atoms with Crippen LogP contribution in [0.3, 0.4) is 0 Å². The molecule has 1 aromatic rings. The summed E-state index contributed by atoms with van der Waals surface area (Å²) in [6.07, 6.45) is 3.67. The first-order valence-electron chi connectivity index (χ1n) is 5.59. The summed E-state index contributed by atoms with van der Waals surface area (Å²) in [4.78, 5) is 8.40. The standard InChI is InChI=1S/C12H18N2O2/c1-12(2,3)10-4-13-11(14-5-10)16-8-9-6-15-7-9/h4-5,9H,6-8H2,1-3H3. The maximum absolute atomic E-state index is 5.48. The van der Waals surface area contributed by atoms with Crippen LogP contribution in [-0.4, -0.2) is 29.8 Å². The van der Waals surface area contributed by atoms with Gasteiger partial charge in [0.1, 0.15) is 0 Å². The van der Waals surface area contributed by atoms with E-state index in [0.717, 1.165) is 18.8 Å². The van der Waals surface area contributed by atoms with E-state index in [1.807, 2.05) is 12.4 Å². The summed E-state index contributed by atoms with van der Waals surface area (Å²) >= 11 is 0. The van der Waals surface area contributed by atoms with Crippen LogP contribution >= 0.6 is 0 Å². The summed E-state index contributed by atoms with van der Waals surface area (Å²) < 4.78 is 10.5. The molecule has 0 saturated carbocycles. The minimum Gasteiger partial charge on any atom is -0.463 e. The minimum atomic E-state index is 0.0837. The minimum absolute atomic E-state index is 0.0837. The Labute approximate surface area is 96.0 Å². The molecule has 1 aliphatic heterocycles. The van der Waals surface area contributed by atoms with E-state index < -0.39 is 0 Å². The molecule has 1 aromatic heterocycles. The second-order valence-corrected chi connectivity index (χ2v) is 5.22. The fourth-order valence-corrected chi connectivity index (χ4v) is 1.35. The van der Waals surface area contributed by atoms with Gasteiger partial charge in [0.15, 0.2) is 0 Å². The molecule has 4 nitrogen and oxygen atoms in total. The number of ether oxygens (including phenoxy) is 2. The zero-order valence-corrected chi connectivity index (χ0v) is 10.1. The van der Waals surface area contributed by atoms with Gasteiger partial charge in [-0.3, -0.25) is 0 Å². The predicted octanol–water partition coefficient (Wildman–Crippen LogP) is 1.80. The van der Waals surface area contributed by atoms with Crippen molar-refractivity contribution in [2.75, 3.05) is 19.8 Å². The number of rotatable bonds is 3. The molecule has 0 N–H and O–H groups in total. The lowest BCUT2D eigenvalue weighted by atomic mass is 9.89. The van der Waals surface area contributed by atoms with Gasteiger partial charge in [0.05, 0.1) is 19.8 Å². The van der Waals surface area contributed by atoms with Crippen LogP contribution in [0, 0.1) is 5.92 Å². The smallest absolute Gasteiger partial charge is 0.316 e. The van der Waals surface area contributed by atoms with Crippen LogP contribution in [0.2, 0.25) is 0 Å². The van der Waals surface area contributed by atoms with E-state index in [1.54, 1.807) is 0 Å². The molecule has 0 radical (unpaired) electrons. The molecule has 4 heteroatoms. The van der Waals surface area contributed by atoms with E-state index in [2.05, 4.69) is 30.7 Å². The molecule has 1 saturated heterocycles. The van der Waals surface area contributed by atoms with Crippen molar-refractivity contribution in [3.63, 3.8) is 0 Å². The Kier molecular flexibility index (Phi) is 3.10. The Morgan fingerprint density at radius 1 is 1.31 bits per heavy atom. The summed E-state index contributed by atoms with van der Waals surface area (Å²) in [5.41, 5.74) is 1.20. The second-order valence-electron chi connectivity index (χ2n) is 5.22. The second kappa shape index (κ2) is 4.37. The van der Waals surface area contributed by atoms with Gasteiger partial charge in [0, 0.05) is 18.3 Å². The third kappa shape index (κ3) is 2.70. The SMILES string of the molecule is CC(C)(C)c1cnc(OCC2COC2)nc1. The molecule has 0 amide bonds. The van der Waals surface area contributed by atoms with Crippen molar-refractivity contribution in [1.29, 1.82) is 0 Å². The topological polar surface area (TPSA) is 44.2 Å². The average Bonchev–Trinajstić information content (AvgIpc) is 2.15. The first-order chi connectivity index (χ1) is 7.55. The van der Waals surface area contributed by atoms with Crippen LogP contribution in [0.4, 0.5) is 0 Å². The van der Waals surface area contributed by atoms with Gasteiger partial charge < -0.3 is 9.47 Å². The number of hydrogen-bond acceptors (Lipinski definition) is 4. The van der Waals surface area contributed by atoms with Crippen LogP contribution < -0.4 is 4.74 Å². The Hall–Kier alpha value is -1.16. The molecule has 0 unspecified atom stereocenters. The summed E-state index contributed by atoms with van der Waals surface area (Å²) in [7, 11) is 0. The van der Waals surface area contributed by atoms with Gasteiger partial charge in [-0.25, -0.2) is 9.97 Å². The van der Waals surface area contributed by atoms with Crippen molar-refractivity contribution in [3.8, 4) is 6.01 Å². The monoisotopic (exact) mass is 222 g/mol. The molecule has 1 fully saturated rings. The fraction of sp³-hybridized carbons (Fsp3) is 0.667. The van der Waals surface area contributed by atoms with Crippen LogP contribution in [0.25, 0.3) is 0 Å². The van der Waals surface area contributed by atoms with Gasteiger partial charge in [-0.2, -0.15) is 0 Å². The normalized spacial score (nSPS) is 16.9. The van der Waals surface area contributed by atoms with Crippen molar-refractivity contribution in [2.45, 2.75) is 26.2 Å². The van der Waals surface area contributed by atoms with Crippen molar-refractivity contribution < 1.29 is 9.47 Å². The highest BCUT2D eigenvalue weighted by atomic mass is 16.5. The third-order valence-electron chi connectivity index (χ3n) is 2.65. The molecule has 0 aromatic carbocycles. The third-order valence-corrected chi connectivity index (χ3v) is 2.65. The molecule has 1 aliphatic rings. The highest BCUT2D eigenvalue weighted by Gasteiger charge is 2.20. The van der Waals surface area contributed by atoms with E-state index in [0.29, 0.717) is 18.5 Å². The maximum Gasteiger partial charge on any atom is 0.316 e. The Bertz CT molecular complexity index is 339. The maximum atomic E-state index is 5.48. The van der Waals surface area contributed by atoms with Gasteiger partial charge in [-0.05, 0) is 11.0 Å². The predicted molar refractivity (Wildman–Crippen MR) is 60.5 cm³/mol. The first-order valence-corrected chi connectivity index (χ1v) is 5.59. The summed E-state index contributed by atoms with van der Waals surface area (Å²) in [5.74, 6) is 0.505. The zero-order chi connectivity index (χ0) is 11.6. The van der Waals surface area contributed by atoms with Crippen molar-refractivity contribution in [3.05, 3.63) is 18.0 Å². The number of nitrogens with zero attached hydrogens (tertiary/aromatic N) is 2. The van der Waals surface area contributed by atoms with E-state index in [9.17, 15) is 0 Å². The van der Waals surface area contributed by atoms with Gasteiger partial charge in [0.2, 0.25) is 0 Å². The lowest BCUT2D eigenvalue weighted by Crippen LogP contribution is -2.32. The lowest BCUT2D eigenvalue weighted by molar-refractivity contribution is -0.0520. The van der Waals surface area contributed by atoms with Crippen molar-refractivity contribution in [2.24, 2.45) is 5.92 Å². The molecular formula is C12H18N2O2. The number of hydrogen-bond donors (Lipinski definition) is 0. The molecular weight excluding hydrogens is 204 g/mol. The van der Waals surface area contributed by atoms with Gasteiger partial charge in [-0.1, -0.05) is 20.8 Å². The first kappa shape index (κ1) is 11.3. The quantitative estimate of drug-likeness (QED) is 0.782. The lowest BCUT2D eigenvalue weighted by Gasteiger charge is -2.25. The largest absolute Gasteiger partial charge is 0.463 e. The van der Waals surface area contributed by atoms with Gasteiger partial charge in [-0.15, -0.1) is 0 Å². The molecule has 16 heavy (non-hydrogen) atoms. The summed E-state index contributed by atoms with van der Waals surface area (Å²) in [5, 5.41) is 0. The Morgan fingerprint density at radius 3 is 2.38 bits per heavy atom. The Morgan fingerprint density at radius 2 is 1.94 bits per heavy atom. The summed E-state index contributed by atoms with van der Waals surface area (Å²) in [6, 6.07) is 0.458. The highest BCUT2D eigenvalue weighted by molar-refractivity contribution is 5.16. The molecule has 2 rings (SSSR count). The van der Waals surface area contributed by atoms with Gasteiger partial charge in [0.25, 0.3) is 0 Å². The highest BCUT2D eigenvalue weighted by Crippen LogP contribution is 2.21. The molecule has 2 heterocycles. The van der Waals surface area contributed by atoms with Crippen LogP contribution in [-0.2, 0) is 10.2 Å². The zero-order valence-electron chi connectivity index (χ0n) is 10.1. The van der Waals surface area contributed by atoms with E-state index >= 15 is 0 Å². The Balaban J connectivity index is 1.91. The van der Waals surface area contributed by atoms with Crippen molar-refractivity contribution in [1.82, 2.24) is 9.97 Å². The summed E-state index contributed by atoms with van der Waals surface area (Å²) in [6.45, 7) is 8.64. The average molecular weight is 222 g/mol. The van der Waals surface area contributed by atoms with Crippen LogP contribution in [0.1, 0.15) is 26.3 Å². The van der Waals surface area contributed by atoms with Crippen LogP contribution in [0.15, 0.2) is 12.4 Å². The molecule has 88 valence electrons. The molecule has 0 spiro atoms. The molecule has 0 atom stereocenters. The van der Waals surface area contributed by atoms with E-state index in [4.69, 9.17) is 9.47 Å². The van der Waals surface area contributed by atoms with E-state index in [1.165, 1.54) is 0 Å². The van der Waals surface area contributed by atoms with Gasteiger partial charge >= 0.3 is 6.01 Å². The van der Waals surface area contributed by atoms with Crippen molar-refractivity contribution >= 4 is 0 Å².